The number of aromatic hydroxyl groups is 1. The number of piperidine rings is 1. The maximum absolute atomic E-state index is 12.1. The van der Waals surface area contributed by atoms with Crippen LogP contribution in [-0.4, -0.2) is 33.5 Å². The number of aromatic amines is 1. The van der Waals surface area contributed by atoms with Crippen LogP contribution >= 0.6 is 0 Å². The van der Waals surface area contributed by atoms with Crippen molar-refractivity contribution in [3.05, 3.63) is 59.8 Å². The van der Waals surface area contributed by atoms with Gasteiger partial charge in [0.25, 0.3) is 0 Å². The highest BCUT2D eigenvalue weighted by Gasteiger charge is 2.50. The van der Waals surface area contributed by atoms with Crippen molar-refractivity contribution >= 4 is 23.5 Å². The molecule has 1 aliphatic heterocycles. The molecule has 1 saturated carbocycles. The molecule has 0 radical (unpaired) electrons. The van der Waals surface area contributed by atoms with Crippen LogP contribution in [0.3, 0.4) is 0 Å². The van der Waals surface area contributed by atoms with E-state index in [0.29, 0.717) is 23.1 Å². The molecule has 2 fully saturated rings. The molecule has 1 aliphatic carbocycles. The predicted molar refractivity (Wildman–Crippen MR) is 111 cm³/mol. The fourth-order valence-corrected chi connectivity index (χ4v) is 4.80. The first-order valence-electron chi connectivity index (χ1n) is 9.57. The van der Waals surface area contributed by atoms with E-state index in [-0.39, 0.29) is 17.1 Å². The molecule has 2 aromatic rings. The number of nitrogens with two attached hydrogens (primary N) is 2. The number of para-hydroxylation sites is 1. The van der Waals surface area contributed by atoms with E-state index in [0.717, 1.165) is 43.5 Å². The van der Waals surface area contributed by atoms with Gasteiger partial charge in [-0.2, -0.15) is 0 Å². The van der Waals surface area contributed by atoms with Crippen LogP contribution in [0.15, 0.2) is 43.0 Å². The molecule has 0 spiro atoms. The van der Waals surface area contributed by atoms with E-state index in [9.17, 15) is 9.90 Å². The van der Waals surface area contributed by atoms with Crippen molar-refractivity contribution in [3.8, 4) is 5.75 Å². The second-order valence-electron chi connectivity index (χ2n) is 8.02. The third-order valence-corrected chi connectivity index (χ3v) is 6.11. The first-order chi connectivity index (χ1) is 13.4. The van der Waals surface area contributed by atoms with E-state index >= 15 is 0 Å². The number of benzene rings is 1. The Hall–Kier alpha value is -3.15. The second kappa shape index (κ2) is 6.78. The number of phenols is 1. The Balaban J connectivity index is 1.54. The second-order valence-corrected chi connectivity index (χ2v) is 8.02. The van der Waals surface area contributed by atoms with Gasteiger partial charge < -0.3 is 26.5 Å². The summed E-state index contributed by atoms with van der Waals surface area (Å²) < 4.78 is 0. The molecule has 1 saturated heterocycles. The SMILES string of the molecule is C=CC(=O)N1CC2(Cc3cc(/C=C(\N)c4ccccc4O)c(N)[nH]3)CCC1C2. The molecule has 6 N–H and O–H groups in total. The molecule has 146 valence electrons. The number of nitrogens with zero attached hydrogens (tertiary/aromatic N) is 1. The molecule has 1 aromatic carbocycles. The minimum absolute atomic E-state index is 0.0247. The van der Waals surface area contributed by atoms with E-state index in [4.69, 9.17) is 11.5 Å². The third kappa shape index (κ3) is 3.15. The molecule has 6 nitrogen and oxygen atoms in total. The van der Waals surface area contributed by atoms with Crippen LogP contribution in [0.1, 0.15) is 36.1 Å². The third-order valence-electron chi connectivity index (χ3n) is 6.11. The van der Waals surface area contributed by atoms with E-state index < -0.39 is 0 Å². The fraction of sp³-hybridized carbons (Fsp3) is 0.318. The quantitative estimate of drug-likeness (QED) is 0.600. The molecular formula is C22H26N4O2. The summed E-state index contributed by atoms with van der Waals surface area (Å²) in [6.45, 7) is 4.39. The Kier molecular flexibility index (Phi) is 4.41. The summed E-state index contributed by atoms with van der Waals surface area (Å²) in [6, 6.07) is 9.30. The van der Waals surface area contributed by atoms with Crippen LogP contribution in [0.25, 0.3) is 11.8 Å². The number of rotatable bonds is 5. The Labute approximate surface area is 164 Å². The van der Waals surface area contributed by atoms with Crippen LogP contribution in [0, 0.1) is 5.41 Å². The van der Waals surface area contributed by atoms with Crippen LogP contribution in [0.2, 0.25) is 0 Å². The topological polar surface area (TPSA) is 108 Å². The van der Waals surface area contributed by atoms with Gasteiger partial charge in [-0.1, -0.05) is 18.7 Å². The maximum atomic E-state index is 12.1. The Morgan fingerprint density at radius 3 is 2.96 bits per heavy atom. The van der Waals surface area contributed by atoms with Gasteiger partial charge in [-0.15, -0.1) is 0 Å². The number of carbonyl (C=O) groups excluding carboxylic acids is 1. The molecule has 2 bridgehead atoms. The molecule has 2 atom stereocenters. The number of nitrogen functional groups attached to an aromatic ring is 1. The maximum Gasteiger partial charge on any atom is 0.246 e. The fourth-order valence-electron chi connectivity index (χ4n) is 4.80. The number of phenolic OH excluding ortho intramolecular Hbond substituents is 1. The number of likely N-dealkylation sites (tertiary alicyclic amines) is 1. The minimum atomic E-state index is 0.0247. The monoisotopic (exact) mass is 378 g/mol. The van der Waals surface area contributed by atoms with Crippen molar-refractivity contribution in [2.45, 2.75) is 31.7 Å². The highest BCUT2D eigenvalue weighted by Crippen LogP contribution is 2.49. The standard InChI is InChI=1S/C22H26N4O2/c1-2-20(28)26-13-22(8-7-16(26)12-22)11-15-9-14(21(24)25-15)10-18(23)17-5-3-4-6-19(17)27/h2-6,9-10,16,25,27H,1,7-8,11-13,23-24H2/b18-10-. The van der Waals surface area contributed by atoms with Gasteiger partial charge in [0.2, 0.25) is 5.91 Å². The lowest BCUT2D eigenvalue weighted by molar-refractivity contribution is -0.128. The van der Waals surface area contributed by atoms with Gasteiger partial charge in [0.15, 0.2) is 0 Å². The number of amides is 1. The van der Waals surface area contributed by atoms with E-state index in [1.165, 1.54) is 6.08 Å². The average molecular weight is 378 g/mol. The number of anilines is 1. The van der Waals surface area contributed by atoms with Crippen LogP contribution in [-0.2, 0) is 11.2 Å². The molecule has 6 heteroatoms. The predicted octanol–water partition coefficient (Wildman–Crippen LogP) is 2.87. The zero-order chi connectivity index (χ0) is 19.9. The summed E-state index contributed by atoms with van der Waals surface area (Å²) in [5.41, 5.74) is 15.3. The van der Waals surface area contributed by atoms with Crippen LogP contribution in [0.4, 0.5) is 5.82 Å². The highest BCUT2D eigenvalue weighted by molar-refractivity contribution is 5.87. The van der Waals surface area contributed by atoms with Crippen LogP contribution in [0.5, 0.6) is 5.75 Å². The van der Waals surface area contributed by atoms with E-state index in [1.54, 1.807) is 24.3 Å². The summed E-state index contributed by atoms with van der Waals surface area (Å²) in [5.74, 6) is 0.715. The normalized spacial score (nSPS) is 23.9. The summed E-state index contributed by atoms with van der Waals surface area (Å²) in [6.07, 6.45) is 7.22. The number of carbonyl (C=O) groups is 1. The van der Waals surface area contributed by atoms with E-state index in [1.807, 2.05) is 17.0 Å². The van der Waals surface area contributed by atoms with E-state index in [2.05, 4.69) is 11.6 Å². The number of hydrogen-bond donors (Lipinski definition) is 4. The van der Waals surface area contributed by atoms with Gasteiger partial charge in [0.05, 0.1) is 0 Å². The van der Waals surface area contributed by atoms with Crippen molar-refractivity contribution in [1.29, 1.82) is 0 Å². The van der Waals surface area contributed by atoms with Gasteiger partial charge in [0, 0.05) is 35.1 Å². The van der Waals surface area contributed by atoms with Gasteiger partial charge in [-0.3, -0.25) is 4.79 Å². The molecule has 28 heavy (non-hydrogen) atoms. The first kappa shape index (κ1) is 18.2. The summed E-state index contributed by atoms with van der Waals surface area (Å²) in [5, 5.41) is 9.98. The van der Waals surface area contributed by atoms with Crippen molar-refractivity contribution in [1.82, 2.24) is 9.88 Å². The number of hydrogen-bond acceptors (Lipinski definition) is 4. The Bertz CT molecular complexity index is 961. The van der Waals surface area contributed by atoms with Crippen molar-refractivity contribution < 1.29 is 9.90 Å². The van der Waals surface area contributed by atoms with Gasteiger partial charge in [-0.25, -0.2) is 0 Å². The molecule has 2 heterocycles. The average Bonchev–Trinajstić information content (AvgIpc) is 3.34. The lowest BCUT2D eigenvalue weighted by atomic mass is 9.82. The van der Waals surface area contributed by atoms with Crippen molar-refractivity contribution in [2.24, 2.45) is 11.1 Å². The highest BCUT2D eigenvalue weighted by atomic mass is 16.3. The number of nitrogens with one attached hydrogen (secondary N) is 1. The molecule has 1 aromatic heterocycles. The first-order valence-corrected chi connectivity index (χ1v) is 9.57. The zero-order valence-electron chi connectivity index (χ0n) is 15.8. The number of aromatic nitrogens is 1. The van der Waals surface area contributed by atoms with Gasteiger partial charge >= 0.3 is 0 Å². The van der Waals surface area contributed by atoms with Gasteiger partial charge in [-0.05, 0) is 61.4 Å². The summed E-state index contributed by atoms with van der Waals surface area (Å²) >= 11 is 0. The molecular weight excluding hydrogens is 352 g/mol. The summed E-state index contributed by atoms with van der Waals surface area (Å²) in [7, 11) is 0. The lowest BCUT2D eigenvalue weighted by Gasteiger charge is -2.31. The largest absolute Gasteiger partial charge is 0.507 e. The van der Waals surface area contributed by atoms with Crippen LogP contribution < -0.4 is 11.5 Å². The Morgan fingerprint density at radius 2 is 2.21 bits per heavy atom. The van der Waals surface area contributed by atoms with Crippen molar-refractivity contribution in [2.75, 3.05) is 12.3 Å². The molecule has 4 rings (SSSR count). The lowest BCUT2D eigenvalue weighted by Crippen LogP contribution is -2.39. The molecule has 1 amide bonds. The van der Waals surface area contributed by atoms with Gasteiger partial charge in [0.1, 0.15) is 11.6 Å². The number of fused-ring (bicyclic) bond motifs is 2. The van der Waals surface area contributed by atoms with Crippen molar-refractivity contribution in [3.63, 3.8) is 0 Å². The summed E-state index contributed by atoms with van der Waals surface area (Å²) in [4.78, 5) is 17.3. The molecule has 2 aliphatic rings. The molecule has 2 unspecified atom stereocenters. The number of H-pyrrole nitrogens is 1. The zero-order valence-corrected chi connectivity index (χ0v) is 15.8. The smallest absolute Gasteiger partial charge is 0.246 e. The Morgan fingerprint density at radius 1 is 1.43 bits per heavy atom. The minimum Gasteiger partial charge on any atom is -0.507 e.